The molecule has 112 valence electrons. The van der Waals surface area contributed by atoms with E-state index in [2.05, 4.69) is 35.4 Å². The number of rotatable bonds is 5. The summed E-state index contributed by atoms with van der Waals surface area (Å²) in [7, 11) is 0. The second-order valence-corrected chi connectivity index (χ2v) is 5.32. The van der Waals surface area contributed by atoms with Crippen LogP contribution in [-0.4, -0.2) is 23.3 Å². The summed E-state index contributed by atoms with van der Waals surface area (Å²) in [6.07, 6.45) is 1.81. The molecule has 2 heterocycles. The summed E-state index contributed by atoms with van der Waals surface area (Å²) in [5, 5.41) is 11.8. The van der Waals surface area contributed by atoms with Crippen LogP contribution in [0.4, 0.5) is 0 Å². The number of benzene rings is 1. The molecule has 21 heavy (non-hydrogen) atoms. The van der Waals surface area contributed by atoms with Crippen LogP contribution in [0.25, 0.3) is 0 Å². The van der Waals surface area contributed by atoms with Crippen LogP contribution in [0.1, 0.15) is 49.6 Å². The lowest BCUT2D eigenvalue weighted by Gasteiger charge is -2.22. The van der Waals surface area contributed by atoms with Crippen molar-refractivity contribution in [3.8, 4) is 5.75 Å². The van der Waals surface area contributed by atoms with Gasteiger partial charge in [-0.15, -0.1) is 10.2 Å². The number of para-hydroxylation sites is 1. The molecule has 0 fully saturated rings. The highest BCUT2D eigenvalue weighted by molar-refractivity contribution is 5.36. The summed E-state index contributed by atoms with van der Waals surface area (Å²) in [5.74, 6) is 2.46. The number of nitrogens with one attached hydrogen (secondary N) is 1. The van der Waals surface area contributed by atoms with Crippen LogP contribution in [0, 0.1) is 0 Å². The molecule has 2 unspecified atom stereocenters. The molecule has 1 aromatic carbocycles. The first-order valence-electron chi connectivity index (χ1n) is 7.59. The third kappa shape index (κ3) is 2.93. The van der Waals surface area contributed by atoms with Crippen molar-refractivity contribution >= 4 is 0 Å². The highest BCUT2D eigenvalue weighted by Crippen LogP contribution is 2.32. The van der Waals surface area contributed by atoms with Crippen molar-refractivity contribution in [1.29, 1.82) is 0 Å². The minimum absolute atomic E-state index is 0.132. The highest BCUT2D eigenvalue weighted by atomic mass is 16.5. The number of aromatic nitrogens is 2. The monoisotopic (exact) mass is 287 g/mol. The van der Waals surface area contributed by atoms with E-state index in [0.717, 1.165) is 25.1 Å². The fraction of sp³-hybridized carbons (Fsp3) is 0.500. The Balaban J connectivity index is 1.75. The van der Waals surface area contributed by atoms with Gasteiger partial charge in [0.2, 0.25) is 11.8 Å². The maximum absolute atomic E-state index is 5.88. The molecule has 3 rings (SSSR count). The van der Waals surface area contributed by atoms with E-state index < -0.39 is 0 Å². The first kappa shape index (κ1) is 14.1. The Hall–Kier alpha value is -1.88. The Morgan fingerprint density at radius 3 is 2.95 bits per heavy atom. The molecule has 0 amide bonds. The van der Waals surface area contributed by atoms with E-state index in [-0.39, 0.29) is 12.0 Å². The fourth-order valence-corrected chi connectivity index (χ4v) is 2.69. The van der Waals surface area contributed by atoms with Crippen molar-refractivity contribution in [2.45, 2.75) is 38.6 Å². The Kier molecular flexibility index (Phi) is 4.20. The minimum atomic E-state index is 0.132. The molecule has 0 saturated heterocycles. The summed E-state index contributed by atoms with van der Waals surface area (Å²) in [5.41, 5.74) is 1.20. The molecule has 1 aliphatic heterocycles. The molecule has 2 atom stereocenters. The summed E-state index contributed by atoms with van der Waals surface area (Å²) >= 11 is 0. The average Bonchev–Trinajstić information content (AvgIpc) is 3.02. The van der Waals surface area contributed by atoms with Gasteiger partial charge in [-0.3, -0.25) is 0 Å². The predicted molar refractivity (Wildman–Crippen MR) is 79.4 cm³/mol. The van der Waals surface area contributed by atoms with Gasteiger partial charge in [0.25, 0.3) is 0 Å². The standard InChI is InChI=1S/C16H21N3O2/c1-3-13(17-4-2)16-19-18-15(21-16)12-9-11-7-5-6-8-14(11)20-10-12/h5-8,12-13,17H,3-4,9-10H2,1-2H3. The van der Waals surface area contributed by atoms with Crippen molar-refractivity contribution in [3.63, 3.8) is 0 Å². The van der Waals surface area contributed by atoms with Crippen LogP contribution in [0.2, 0.25) is 0 Å². The Morgan fingerprint density at radius 2 is 2.14 bits per heavy atom. The quantitative estimate of drug-likeness (QED) is 0.916. The van der Waals surface area contributed by atoms with Gasteiger partial charge in [0.05, 0.1) is 12.0 Å². The summed E-state index contributed by atoms with van der Waals surface area (Å²) in [6.45, 7) is 5.66. The van der Waals surface area contributed by atoms with Crippen LogP contribution >= 0.6 is 0 Å². The zero-order valence-electron chi connectivity index (χ0n) is 12.5. The van der Waals surface area contributed by atoms with Gasteiger partial charge in [0.1, 0.15) is 12.4 Å². The fourth-order valence-electron chi connectivity index (χ4n) is 2.69. The third-order valence-electron chi connectivity index (χ3n) is 3.84. The van der Waals surface area contributed by atoms with E-state index in [4.69, 9.17) is 9.15 Å². The molecule has 0 saturated carbocycles. The Morgan fingerprint density at radius 1 is 1.29 bits per heavy atom. The lowest BCUT2D eigenvalue weighted by Crippen LogP contribution is -2.20. The van der Waals surface area contributed by atoms with E-state index >= 15 is 0 Å². The van der Waals surface area contributed by atoms with Gasteiger partial charge in [0.15, 0.2) is 0 Å². The molecule has 0 bridgehead atoms. The Bertz CT molecular complexity index is 597. The van der Waals surface area contributed by atoms with Crippen LogP contribution in [-0.2, 0) is 6.42 Å². The van der Waals surface area contributed by atoms with Gasteiger partial charge < -0.3 is 14.5 Å². The van der Waals surface area contributed by atoms with Crippen molar-refractivity contribution in [2.75, 3.05) is 13.2 Å². The van der Waals surface area contributed by atoms with Gasteiger partial charge in [-0.2, -0.15) is 0 Å². The molecule has 1 N–H and O–H groups in total. The van der Waals surface area contributed by atoms with E-state index in [0.29, 0.717) is 18.4 Å². The molecule has 5 heteroatoms. The maximum atomic E-state index is 5.88. The smallest absolute Gasteiger partial charge is 0.233 e. The largest absolute Gasteiger partial charge is 0.492 e. The molecule has 2 aromatic rings. The molecular formula is C16H21N3O2. The average molecular weight is 287 g/mol. The normalized spacial score (nSPS) is 18.9. The SMILES string of the molecule is CCNC(CC)c1nnc(C2COc3ccccc3C2)o1. The summed E-state index contributed by atoms with van der Waals surface area (Å²) < 4.78 is 11.7. The predicted octanol–water partition coefficient (Wildman–Crippen LogP) is 2.85. The second kappa shape index (κ2) is 6.26. The van der Waals surface area contributed by atoms with Crippen LogP contribution in [0.5, 0.6) is 5.75 Å². The molecule has 1 aliphatic rings. The van der Waals surface area contributed by atoms with Crippen molar-refractivity contribution in [2.24, 2.45) is 0 Å². The summed E-state index contributed by atoms with van der Waals surface area (Å²) in [6, 6.07) is 8.25. The highest BCUT2D eigenvalue weighted by Gasteiger charge is 2.27. The molecule has 1 aromatic heterocycles. The minimum Gasteiger partial charge on any atom is -0.492 e. The first-order valence-corrected chi connectivity index (χ1v) is 7.59. The first-order chi connectivity index (χ1) is 10.3. The second-order valence-electron chi connectivity index (χ2n) is 5.32. The van der Waals surface area contributed by atoms with Gasteiger partial charge in [-0.05, 0) is 31.0 Å². The van der Waals surface area contributed by atoms with Gasteiger partial charge >= 0.3 is 0 Å². The van der Waals surface area contributed by atoms with E-state index in [1.165, 1.54) is 5.56 Å². The lowest BCUT2D eigenvalue weighted by atomic mass is 9.97. The van der Waals surface area contributed by atoms with Crippen molar-refractivity contribution < 1.29 is 9.15 Å². The van der Waals surface area contributed by atoms with Crippen LogP contribution < -0.4 is 10.1 Å². The number of hydrogen-bond donors (Lipinski definition) is 1. The van der Waals surface area contributed by atoms with E-state index in [1.807, 2.05) is 18.2 Å². The van der Waals surface area contributed by atoms with Gasteiger partial charge in [-0.25, -0.2) is 0 Å². The van der Waals surface area contributed by atoms with Gasteiger partial charge in [-0.1, -0.05) is 32.0 Å². The number of nitrogens with zero attached hydrogens (tertiary/aromatic N) is 2. The van der Waals surface area contributed by atoms with E-state index in [9.17, 15) is 0 Å². The Labute approximate surface area is 124 Å². The number of ether oxygens (including phenoxy) is 1. The van der Waals surface area contributed by atoms with Gasteiger partial charge in [0, 0.05) is 0 Å². The van der Waals surface area contributed by atoms with Crippen molar-refractivity contribution in [1.82, 2.24) is 15.5 Å². The van der Waals surface area contributed by atoms with Crippen molar-refractivity contribution in [3.05, 3.63) is 41.6 Å². The number of hydrogen-bond acceptors (Lipinski definition) is 5. The molecule has 0 spiro atoms. The third-order valence-corrected chi connectivity index (χ3v) is 3.84. The summed E-state index contributed by atoms with van der Waals surface area (Å²) in [4.78, 5) is 0. The number of fused-ring (bicyclic) bond motifs is 1. The molecule has 5 nitrogen and oxygen atoms in total. The van der Waals surface area contributed by atoms with Crippen LogP contribution in [0.15, 0.2) is 28.7 Å². The zero-order valence-corrected chi connectivity index (χ0v) is 12.5. The maximum Gasteiger partial charge on any atom is 0.233 e. The molecular weight excluding hydrogens is 266 g/mol. The molecule has 0 aliphatic carbocycles. The lowest BCUT2D eigenvalue weighted by molar-refractivity contribution is 0.236. The topological polar surface area (TPSA) is 60.2 Å². The van der Waals surface area contributed by atoms with E-state index in [1.54, 1.807) is 0 Å². The van der Waals surface area contributed by atoms with Crippen LogP contribution in [0.3, 0.4) is 0 Å². The zero-order chi connectivity index (χ0) is 14.7. The molecule has 0 radical (unpaired) electrons.